The zero-order valence-electron chi connectivity index (χ0n) is 19.0. The molecule has 0 amide bonds. The Morgan fingerprint density at radius 1 is 1.12 bits per heavy atom. The molecular weight excluding hydrogens is 402 g/mol. The first kappa shape index (κ1) is 22.4. The lowest BCUT2D eigenvalue weighted by Crippen LogP contribution is -2.39. The second kappa shape index (κ2) is 9.75. The molecular formula is C24H33N7O. The zero-order valence-corrected chi connectivity index (χ0v) is 19.0. The number of rotatable bonds is 9. The van der Waals surface area contributed by atoms with Crippen molar-refractivity contribution in [3.05, 3.63) is 36.3 Å². The summed E-state index contributed by atoms with van der Waals surface area (Å²) in [5.74, 6) is 0.722. The number of aromatic nitrogens is 4. The van der Waals surface area contributed by atoms with Gasteiger partial charge in [-0.15, -0.1) is 0 Å². The average Bonchev–Trinajstić information content (AvgIpc) is 3.31. The number of aliphatic hydroxyl groups is 1. The molecule has 0 saturated carbocycles. The Hall–Kier alpha value is -2.84. The highest BCUT2D eigenvalue weighted by molar-refractivity contribution is 5.89. The van der Waals surface area contributed by atoms with E-state index in [-0.39, 0.29) is 12.6 Å². The lowest BCUT2D eigenvalue weighted by atomic mass is 9.96. The monoisotopic (exact) mass is 435 g/mol. The number of hydrogen-bond donors (Lipinski definition) is 3. The van der Waals surface area contributed by atoms with Crippen LogP contribution in [0.2, 0.25) is 0 Å². The maximum absolute atomic E-state index is 9.95. The molecule has 1 atom stereocenters. The molecule has 0 spiro atoms. The zero-order chi connectivity index (χ0) is 22.6. The number of likely N-dealkylation sites (tertiary alicyclic amines) is 1. The molecule has 8 heteroatoms. The Morgan fingerprint density at radius 3 is 2.59 bits per heavy atom. The summed E-state index contributed by atoms with van der Waals surface area (Å²) in [6, 6.07) is 6.13. The molecule has 0 unspecified atom stereocenters. The first-order chi connectivity index (χ1) is 15.5. The number of unbranched alkanes of at least 4 members (excludes halogenated alkanes) is 1. The third kappa shape index (κ3) is 5.14. The van der Waals surface area contributed by atoms with Crippen molar-refractivity contribution >= 4 is 22.8 Å². The molecule has 170 valence electrons. The molecule has 0 bridgehead atoms. The van der Waals surface area contributed by atoms with Crippen molar-refractivity contribution in [2.45, 2.75) is 58.0 Å². The topological polar surface area (TPSA) is 113 Å². The molecule has 32 heavy (non-hydrogen) atoms. The van der Waals surface area contributed by atoms with E-state index in [0.29, 0.717) is 16.9 Å². The Labute approximate surface area is 189 Å². The number of fused-ring (bicyclic) bond motifs is 1. The molecule has 4 N–H and O–H groups in total. The van der Waals surface area contributed by atoms with Crippen molar-refractivity contribution in [3.8, 4) is 11.1 Å². The van der Waals surface area contributed by atoms with Gasteiger partial charge in [-0.2, -0.15) is 4.98 Å². The molecule has 0 aliphatic carbocycles. The normalized spacial score (nSPS) is 16.3. The molecule has 1 saturated heterocycles. The van der Waals surface area contributed by atoms with E-state index in [0.717, 1.165) is 55.7 Å². The minimum Gasteiger partial charge on any atom is -0.394 e. The summed E-state index contributed by atoms with van der Waals surface area (Å²) in [6.07, 6.45) is 9.13. The fourth-order valence-electron chi connectivity index (χ4n) is 4.17. The standard InChI is InChI=1S/C24H33N7O/c1-3-4-9-24(2,16-32)30-22-21-20(28-23(25)29-22)12-18(14-27-21)17-7-8-19(26-13-17)15-31-10-5-6-11-31/h7-8,12-14,32H,3-6,9-11,15-16H2,1-2H3,(H3,25,28,29,30)/t24-/m1/s1. The van der Waals surface area contributed by atoms with Gasteiger partial charge in [0.15, 0.2) is 5.82 Å². The third-order valence-electron chi connectivity index (χ3n) is 6.15. The third-order valence-corrected chi connectivity index (χ3v) is 6.15. The van der Waals surface area contributed by atoms with Crippen molar-refractivity contribution in [2.75, 3.05) is 30.7 Å². The van der Waals surface area contributed by atoms with Crippen LogP contribution in [-0.2, 0) is 6.54 Å². The van der Waals surface area contributed by atoms with Gasteiger partial charge in [0.1, 0.15) is 5.52 Å². The quantitative estimate of drug-likeness (QED) is 0.467. The van der Waals surface area contributed by atoms with Crippen molar-refractivity contribution in [2.24, 2.45) is 0 Å². The number of nitrogens with zero attached hydrogens (tertiary/aromatic N) is 5. The maximum atomic E-state index is 9.95. The Balaban J connectivity index is 1.59. The Bertz CT molecular complexity index is 1050. The van der Waals surface area contributed by atoms with E-state index >= 15 is 0 Å². The van der Waals surface area contributed by atoms with Crippen molar-refractivity contribution < 1.29 is 5.11 Å². The van der Waals surface area contributed by atoms with Gasteiger partial charge in [-0.1, -0.05) is 25.8 Å². The summed E-state index contributed by atoms with van der Waals surface area (Å²) >= 11 is 0. The minimum absolute atomic E-state index is 0.00800. The summed E-state index contributed by atoms with van der Waals surface area (Å²) in [6.45, 7) is 7.32. The highest BCUT2D eigenvalue weighted by atomic mass is 16.3. The van der Waals surface area contributed by atoms with Gasteiger partial charge in [0.2, 0.25) is 5.95 Å². The second-order valence-electron chi connectivity index (χ2n) is 8.99. The number of nitrogen functional groups attached to an aromatic ring is 1. The molecule has 0 aromatic carbocycles. The van der Waals surface area contributed by atoms with Crippen molar-refractivity contribution in [1.82, 2.24) is 24.8 Å². The van der Waals surface area contributed by atoms with E-state index in [1.54, 1.807) is 0 Å². The van der Waals surface area contributed by atoms with E-state index in [1.807, 2.05) is 25.4 Å². The van der Waals surface area contributed by atoms with Gasteiger partial charge in [-0.3, -0.25) is 14.9 Å². The van der Waals surface area contributed by atoms with Crippen LogP contribution >= 0.6 is 0 Å². The van der Waals surface area contributed by atoms with Crippen LogP contribution in [0.25, 0.3) is 22.2 Å². The largest absolute Gasteiger partial charge is 0.394 e. The van der Waals surface area contributed by atoms with Crippen LogP contribution in [0, 0.1) is 0 Å². The highest BCUT2D eigenvalue weighted by Crippen LogP contribution is 2.28. The lowest BCUT2D eigenvalue weighted by Gasteiger charge is -2.29. The maximum Gasteiger partial charge on any atom is 0.222 e. The number of hydrogen-bond acceptors (Lipinski definition) is 8. The van der Waals surface area contributed by atoms with Gasteiger partial charge in [0.05, 0.1) is 23.4 Å². The fraction of sp³-hybridized carbons (Fsp3) is 0.500. The summed E-state index contributed by atoms with van der Waals surface area (Å²) in [5, 5.41) is 13.3. The summed E-state index contributed by atoms with van der Waals surface area (Å²) in [7, 11) is 0. The lowest BCUT2D eigenvalue weighted by molar-refractivity contribution is 0.212. The van der Waals surface area contributed by atoms with Crippen LogP contribution < -0.4 is 11.1 Å². The van der Waals surface area contributed by atoms with Gasteiger partial charge in [-0.05, 0) is 51.4 Å². The molecule has 0 radical (unpaired) electrons. The predicted octanol–water partition coefficient (Wildman–Crippen LogP) is 3.62. The number of aliphatic hydroxyl groups excluding tert-OH is 1. The highest BCUT2D eigenvalue weighted by Gasteiger charge is 2.25. The minimum atomic E-state index is -0.501. The molecule has 1 aliphatic rings. The SMILES string of the molecule is CCCC[C@](C)(CO)Nc1nc(N)nc2cc(-c3ccc(CN4CCCC4)nc3)cnc12. The summed E-state index contributed by atoms with van der Waals surface area (Å²) in [5.41, 5.74) is 9.79. The first-order valence-corrected chi connectivity index (χ1v) is 11.5. The molecule has 1 fully saturated rings. The smallest absolute Gasteiger partial charge is 0.222 e. The van der Waals surface area contributed by atoms with Gasteiger partial charge >= 0.3 is 0 Å². The van der Waals surface area contributed by atoms with E-state index in [1.165, 1.54) is 12.8 Å². The first-order valence-electron chi connectivity index (χ1n) is 11.5. The van der Waals surface area contributed by atoms with E-state index < -0.39 is 5.54 Å². The Kier molecular flexibility index (Phi) is 6.81. The Morgan fingerprint density at radius 2 is 1.91 bits per heavy atom. The van der Waals surface area contributed by atoms with Crippen LogP contribution in [-0.4, -0.2) is 55.2 Å². The van der Waals surface area contributed by atoms with Gasteiger partial charge in [-0.25, -0.2) is 4.98 Å². The molecule has 8 nitrogen and oxygen atoms in total. The molecule has 4 rings (SSSR count). The van der Waals surface area contributed by atoms with Gasteiger partial charge in [0.25, 0.3) is 0 Å². The van der Waals surface area contributed by atoms with Gasteiger partial charge in [0, 0.05) is 30.1 Å². The van der Waals surface area contributed by atoms with Crippen LogP contribution in [0.15, 0.2) is 30.6 Å². The van der Waals surface area contributed by atoms with Crippen LogP contribution in [0.4, 0.5) is 11.8 Å². The summed E-state index contributed by atoms with van der Waals surface area (Å²) < 4.78 is 0. The number of nitrogens with two attached hydrogens (primary N) is 1. The average molecular weight is 436 g/mol. The van der Waals surface area contributed by atoms with E-state index in [4.69, 9.17) is 5.73 Å². The summed E-state index contributed by atoms with van der Waals surface area (Å²) in [4.78, 5) is 20.5. The number of nitrogens with one attached hydrogen (secondary N) is 1. The molecule has 3 aromatic heterocycles. The van der Waals surface area contributed by atoms with E-state index in [9.17, 15) is 5.11 Å². The molecule has 4 heterocycles. The van der Waals surface area contributed by atoms with Crippen LogP contribution in [0.3, 0.4) is 0 Å². The predicted molar refractivity (Wildman–Crippen MR) is 128 cm³/mol. The van der Waals surface area contributed by atoms with Gasteiger partial charge < -0.3 is 16.2 Å². The second-order valence-corrected chi connectivity index (χ2v) is 8.99. The van der Waals surface area contributed by atoms with Crippen molar-refractivity contribution in [3.63, 3.8) is 0 Å². The van der Waals surface area contributed by atoms with Crippen LogP contribution in [0.1, 0.15) is 51.6 Å². The van der Waals surface area contributed by atoms with E-state index in [2.05, 4.69) is 49.2 Å². The fourth-order valence-corrected chi connectivity index (χ4v) is 4.17. The molecule has 3 aromatic rings. The molecule has 1 aliphatic heterocycles. The number of pyridine rings is 2. The van der Waals surface area contributed by atoms with Crippen LogP contribution in [0.5, 0.6) is 0 Å². The number of anilines is 2. The van der Waals surface area contributed by atoms with Crippen molar-refractivity contribution in [1.29, 1.82) is 0 Å².